The van der Waals surface area contributed by atoms with E-state index in [4.69, 9.17) is 10.5 Å². The van der Waals surface area contributed by atoms with Gasteiger partial charge in [-0.2, -0.15) is 0 Å². The van der Waals surface area contributed by atoms with Crippen LogP contribution in [0.4, 0.5) is 0 Å². The van der Waals surface area contributed by atoms with Gasteiger partial charge in [0, 0.05) is 13.2 Å². The lowest BCUT2D eigenvalue weighted by Gasteiger charge is -2.03. The summed E-state index contributed by atoms with van der Waals surface area (Å²) in [5.41, 5.74) is 6.65. The predicted molar refractivity (Wildman–Crippen MR) is 41.8 cm³/mol. The Bertz CT molecular complexity index is 125. The van der Waals surface area contributed by atoms with Gasteiger partial charge in [-0.15, -0.1) is 0 Å². The summed E-state index contributed by atoms with van der Waals surface area (Å²) in [6.07, 6.45) is 4.84. The van der Waals surface area contributed by atoms with Crippen molar-refractivity contribution >= 4 is 0 Å². The van der Waals surface area contributed by atoms with Crippen LogP contribution in [0.1, 0.15) is 19.8 Å². The average molecular weight is 141 g/mol. The Morgan fingerprint density at radius 1 is 1.80 bits per heavy atom. The van der Waals surface area contributed by atoms with E-state index in [9.17, 15) is 0 Å². The van der Waals surface area contributed by atoms with Gasteiger partial charge in [-0.25, -0.2) is 0 Å². The van der Waals surface area contributed by atoms with Crippen molar-refractivity contribution in [1.82, 2.24) is 0 Å². The monoisotopic (exact) mass is 141 g/mol. The fourth-order valence-electron chi connectivity index (χ4n) is 1.12. The standard InChI is InChI=1S/C8H15NO/c1-7(6-9)5-8-3-2-4-10-8/h5,8H,2-4,6,9H2,1H3. The van der Waals surface area contributed by atoms with Crippen molar-refractivity contribution in [1.29, 1.82) is 0 Å². The summed E-state index contributed by atoms with van der Waals surface area (Å²) in [7, 11) is 0. The van der Waals surface area contributed by atoms with Gasteiger partial charge in [0.15, 0.2) is 0 Å². The smallest absolute Gasteiger partial charge is 0.0759 e. The van der Waals surface area contributed by atoms with Crippen LogP contribution in [0, 0.1) is 0 Å². The van der Waals surface area contributed by atoms with Crippen molar-refractivity contribution in [2.24, 2.45) is 5.73 Å². The van der Waals surface area contributed by atoms with E-state index in [1.807, 2.05) is 6.92 Å². The largest absolute Gasteiger partial charge is 0.374 e. The number of rotatable bonds is 2. The molecule has 0 aliphatic carbocycles. The fourth-order valence-corrected chi connectivity index (χ4v) is 1.12. The van der Waals surface area contributed by atoms with Crippen molar-refractivity contribution in [3.8, 4) is 0 Å². The summed E-state index contributed by atoms with van der Waals surface area (Å²) in [5, 5.41) is 0. The third-order valence-electron chi connectivity index (χ3n) is 1.76. The van der Waals surface area contributed by atoms with Crippen LogP contribution >= 0.6 is 0 Å². The van der Waals surface area contributed by atoms with Crippen LogP contribution in [0.5, 0.6) is 0 Å². The van der Waals surface area contributed by atoms with Crippen LogP contribution in [0.3, 0.4) is 0 Å². The second kappa shape index (κ2) is 3.74. The highest BCUT2D eigenvalue weighted by atomic mass is 16.5. The van der Waals surface area contributed by atoms with E-state index in [2.05, 4.69) is 6.08 Å². The molecular formula is C8H15NO. The van der Waals surface area contributed by atoms with Gasteiger partial charge in [0.05, 0.1) is 6.10 Å². The zero-order valence-corrected chi connectivity index (χ0v) is 6.47. The Labute approximate surface area is 62.1 Å². The van der Waals surface area contributed by atoms with Crippen molar-refractivity contribution in [3.63, 3.8) is 0 Å². The second-order valence-electron chi connectivity index (χ2n) is 2.77. The van der Waals surface area contributed by atoms with Crippen LogP contribution < -0.4 is 5.73 Å². The zero-order valence-electron chi connectivity index (χ0n) is 6.47. The molecule has 10 heavy (non-hydrogen) atoms. The van der Waals surface area contributed by atoms with Crippen LogP contribution in [-0.4, -0.2) is 19.3 Å². The summed E-state index contributed by atoms with van der Waals surface area (Å²) in [6, 6.07) is 0. The maximum Gasteiger partial charge on any atom is 0.0759 e. The third kappa shape index (κ3) is 2.12. The molecule has 1 fully saturated rings. The summed E-state index contributed by atoms with van der Waals surface area (Å²) in [6.45, 7) is 3.61. The lowest BCUT2D eigenvalue weighted by Crippen LogP contribution is -2.06. The number of ether oxygens (including phenoxy) is 1. The molecule has 2 nitrogen and oxygen atoms in total. The Morgan fingerprint density at radius 2 is 2.60 bits per heavy atom. The third-order valence-corrected chi connectivity index (χ3v) is 1.76. The van der Waals surface area contributed by atoms with E-state index < -0.39 is 0 Å². The SMILES string of the molecule is CC(=CC1CCCO1)CN. The van der Waals surface area contributed by atoms with Gasteiger partial charge in [-0.3, -0.25) is 0 Å². The molecule has 0 aromatic rings. The predicted octanol–water partition coefficient (Wildman–Crippen LogP) is 1.07. The molecule has 1 aliphatic heterocycles. The number of nitrogens with two attached hydrogens (primary N) is 1. The fraction of sp³-hybridized carbons (Fsp3) is 0.750. The zero-order chi connectivity index (χ0) is 7.40. The molecule has 1 heterocycles. The van der Waals surface area contributed by atoms with Crippen LogP contribution in [0.2, 0.25) is 0 Å². The Morgan fingerprint density at radius 3 is 3.10 bits per heavy atom. The van der Waals surface area contributed by atoms with E-state index in [1.165, 1.54) is 12.0 Å². The minimum Gasteiger partial charge on any atom is -0.374 e. The molecule has 2 heteroatoms. The highest BCUT2D eigenvalue weighted by Gasteiger charge is 2.11. The average Bonchev–Trinajstić information content (AvgIpc) is 2.40. The van der Waals surface area contributed by atoms with Crippen molar-refractivity contribution in [2.75, 3.05) is 13.2 Å². The molecule has 58 valence electrons. The molecule has 0 bridgehead atoms. The quantitative estimate of drug-likeness (QED) is 0.584. The molecule has 1 unspecified atom stereocenters. The summed E-state index contributed by atoms with van der Waals surface area (Å²) in [4.78, 5) is 0. The van der Waals surface area contributed by atoms with Gasteiger partial charge < -0.3 is 10.5 Å². The molecule has 0 aromatic heterocycles. The molecule has 2 N–H and O–H groups in total. The molecule has 0 aromatic carbocycles. The highest BCUT2D eigenvalue weighted by Crippen LogP contribution is 2.14. The van der Waals surface area contributed by atoms with Crippen molar-refractivity contribution in [2.45, 2.75) is 25.9 Å². The molecule has 0 spiro atoms. The van der Waals surface area contributed by atoms with Gasteiger partial charge in [0.1, 0.15) is 0 Å². The lowest BCUT2D eigenvalue weighted by atomic mass is 10.2. The van der Waals surface area contributed by atoms with Crippen molar-refractivity contribution in [3.05, 3.63) is 11.6 Å². The minimum absolute atomic E-state index is 0.351. The van der Waals surface area contributed by atoms with Gasteiger partial charge in [0.25, 0.3) is 0 Å². The van der Waals surface area contributed by atoms with E-state index in [1.54, 1.807) is 0 Å². The van der Waals surface area contributed by atoms with Crippen LogP contribution in [0.25, 0.3) is 0 Å². The van der Waals surface area contributed by atoms with Gasteiger partial charge in [-0.05, 0) is 19.8 Å². The highest BCUT2D eigenvalue weighted by molar-refractivity contribution is 5.04. The molecule has 0 amide bonds. The molecule has 0 radical (unpaired) electrons. The number of hydrogen-bond acceptors (Lipinski definition) is 2. The Balaban J connectivity index is 2.34. The van der Waals surface area contributed by atoms with Gasteiger partial charge >= 0.3 is 0 Å². The second-order valence-corrected chi connectivity index (χ2v) is 2.77. The number of hydrogen-bond donors (Lipinski definition) is 1. The molecular weight excluding hydrogens is 126 g/mol. The summed E-state index contributed by atoms with van der Waals surface area (Å²) < 4.78 is 5.39. The molecule has 1 aliphatic rings. The first-order chi connectivity index (χ1) is 4.83. The first-order valence-corrected chi connectivity index (χ1v) is 3.82. The van der Waals surface area contributed by atoms with Crippen LogP contribution in [-0.2, 0) is 4.74 Å². The van der Waals surface area contributed by atoms with E-state index in [-0.39, 0.29) is 0 Å². The van der Waals surface area contributed by atoms with Gasteiger partial charge in [-0.1, -0.05) is 11.6 Å². The first-order valence-electron chi connectivity index (χ1n) is 3.82. The Kier molecular flexibility index (Phi) is 2.90. The summed E-state index contributed by atoms with van der Waals surface area (Å²) >= 11 is 0. The molecule has 1 saturated heterocycles. The lowest BCUT2D eigenvalue weighted by molar-refractivity contribution is 0.145. The topological polar surface area (TPSA) is 35.2 Å². The van der Waals surface area contributed by atoms with Crippen molar-refractivity contribution < 1.29 is 4.74 Å². The van der Waals surface area contributed by atoms with Crippen LogP contribution in [0.15, 0.2) is 11.6 Å². The van der Waals surface area contributed by atoms with E-state index in [0.29, 0.717) is 12.6 Å². The normalized spacial score (nSPS) is 27.4. The minimum atomic E-state index is 0.351. The molecule has 0 saturated carbocycles. The Hall–Kier alpha value is -0.340. The maximum absolute atomic E-state index is 5.43. The first kappa shape index (κ1) is 7.76. The summed E-state index contributed by atoms with van der Waals surface area (Å²) in [5.74, 6) is 0. The maximum atomic E-state index is 5.43. The van der Waals surface area contributed by atoms with E-state index in [0.717, 1.165) is 13.0 Å². The molecule has 1 atom stereocenters. The van der Waals surface area contributed by atoms with E-state index >= 15 is 0 Å². The molecule has 1 rings (SSSR count). The van der Waals surface area contributed by atoms with Gasteiger partial charge in [0.2, 0.25) is 0 Å².